The van der Waals surface area contributed by atoms with Crippen LogP contribution in [0.25, 0.3) is 0 Å². The molecule has 0 aromatic heterocycles. The topological polar surface area (TPSA) is 54.3 Å². The molecule has 2 rings (SSSR count). The highest BCUT2D eigenvalue weighted by Crippen LogP contribution is 2.32. The molecule has 5 heteroatoms. The lowest BCUT2D eigenvalue weighted by Gasteiger charge is -2.12. The second-order valence-electron chi connectivity index (χ2n) is 4.00. The first kappa shape index (κ1) is 14.0. The number of rotatable bonds is 4. The molecule has 0 radical (unpaired) electrons. The summed E-state index contributed by atoms with van der Waals surface area (Å²) < 4.78 is 10.4. The first-order valence-corrected chi connectivity index (χ1v) is 6.24. The van der Waals surface area contributed by atoms with Crippen LogP contribution in [0.15, 0.2) is 36.4 Å². The smallest absolute Gasteiger partial charge is 0.162 e. The molecule has 0 saturated carbocycles. The predicted molar refractivity (Wildman–Crippen MR) is 79.0 cm³/mol. The fraction of sp³-hybridized carbons (Fsp3) is 0.133. The number of benzene rings is 2. The summed E-state index contributed by atoms with van der Waals surface area (Å²) in [5, 5.41) is 12.8. The largest absolute Gasteiger partial charge is 0.493 e. The van der Waals surface area contributed by atoms with Gasteiger partial charge in [-0.25, -0.2) is 0 Å². The van der Waals surface area contributed by atoms with Crippen molar-refractivity contribution in [3.8, 4) is 17.6 Å². The highest BCUT2D eigenvalue weighted by atomic mass is 35.5. The minimum atomic E-state index is 0.518. The van der Waals surface area contributed by atoms with Crippen molar-refractivity contribution in [2.24, 2.45) is 0 Å². The van der Waals surface area contributed by atoms with Gasteiger partial charge in [-0.1, -0.05) is 11.6 Å². The monoisotopic (exact) mass is 288 g/mol. The molecule has 102 valence electrons. The van der Waals surface area contributed by atoms with Crippen molar-refractivity contribution in [2.75, 3.05) is 19.5 Å². The SMILES string of the molecule is COc1ccc(Nc2cc(Cl)ccc2C#N)cc1OC. The lowest BCUT2D eigenvalue weighted by atomic mass is 10.2. The normalized spacial score (nSPS) is 9.70. The molecule has 0 spiro atoms. The lowest BCUT2D eigenvalue weighted by molar-refractivity contribution is 0.355. The third-order valence-corrected chi connectivity index (χ3v) is 3.00. The molecule has 0 unspecified atom stereocenters. The Morgan fingerprint density at radius 2 is 1.80 bits per heavy atom. The Morgan fingerprint density at radius 3 is 2.45 bits per heavy atom. The van der Waals surface area contributed by atoms with Gasteiger partial charge in [0.25, 0.3) is 0 Å². The van der Waals surface area contributed by atoms with Crippen LogP contribution in [0.4, 0.5) is 11.4 Å². The maximum Gasteiger partial charge on any atom is 0.162 e. The Morgan fingerprint density at radius 1 is 1.05 bits per heavy atom. The molecule has 0 aliphatic rings. The molecular formula is C15H13ClN2O2. The zero-order valence-electron chi connectivity index (χ0n) is 11.1. The fourth-order valence-corrected chi connectivity index (χ4v) is 1.96. The van der Waals surface area contributed by atoms with Gasteiger partial charge in [-0.3, -0.25) is 0 Å². The van der Waals surface area contributed by atoms with Crippen LogP contribution in [0, 0.1) is 11.3 Å². The van der Waals surface area contributed by atoms with Crippen LogP contribution in [0.3, 0.4) is 0 Å². The molecule has 1 N–H and O–H groups in total. The van der Waals surface area contributed by atoms with E-state index in [-0.39, 0.29) is 0 Å². The minimum absolute atomic E-state index is 0.518. The van der Waals surface area contributed by atoms with Gasteiger partial charge in [-0.05, 0) is 30.3 Å². The Kier molecular flexibility index (Phi) is 4.34. The van der Waals surface area contributed by atoms with Crippen LogP contribution in [0.5, 0.6) is 11.5 Å². The van der Waals surface area contributed by atoms with Crippen molar-refractivity contribution in [3.63, 3.8) is 0 Å². The Labute approximate surface area is 122 Å². The molecule has 0 heterocycles. The zero-order chi connectivity index (χ0) is 14.5. The van der Waals surface area contributed by atoms with E-state index in [1.54, 1.807) is 44.6 Å². The van der Waals surface area contributed by atoms with E-state index >= 15 is 0 Å². The van der Waals surface area contributed by atoms with Crippen molar-refractivity contribution in [1.82, 2.24) is 0 Å². The average molecular weight is 289 g/mol. The number of nitriles is 1. The van der Waals surface area contributed by atoms with Crippen LogP contribution < -0.4 is 14.8 Å². The van der Waals surface area contributed by atoms with Crippen molar-refractivity contribution in [3.05, 3.63) is 47.0 Å². The minimum Gasteiger partial charge on any atom is -0.493 e. The van der Waals surface area contributed by atoms with Crippen molar-refractivity contribution in [2.45, 2.75) is 0 Å². The molecule has 0 amide bonds. The fourth-order valence-electron chi connectivity index (χ4n) is 1.79. The van der Waals surface area contributed by atoms with Crippen LogP contribution in [0.1, 0.15) is 5.56 Å². The molecule has 0 fully saturated rings. The van der Waals surface area contributed by atoms with Gasteiger partial charge in [0, 0.05) is 16.8 Å². The van der Waals surface area contributed by atoms with E-state index in [1.165, 1.54) is 0 Å². The third kappa shape index (κ3) is 2.95. The van der Waals surface area contributed by atoms with E-state index < -0.39 is 0 Å². The van der Waals surface area contributed by atoms with Gasteiger partial charge in [0.1, 0.15) is 6.07 Å². The molecule has 2 aromatic rings. The first-order chi connectivity index (χ1) is 9.67. The van der Waals surface area contributed by atoms with Gasteiger partial charge in [-0.2, -0.15) is 5.26 Å². The average Bonchev–Trinajstić information content (AvgIpc) is 2.47. The van der Waals surface area contributed by atoms with E-state index in [2.05, 4.69) is 11.4 Å². The van der Waals surface area contributed by atoms with E-state index in [9.17, 15) is 0 Å². The Bertz CT molecular complexity index is 665. The number of methoxy groups -OCH3 is 2. The summed E-state index contributed by atoms with van der Waals surface area (Å²) in [5.74, 6) is 1.25. The molecule has 0 aliphatic heterocycles. The molecule has 0 bridgehead atoms. The predicted octanol–water partition coefficient (Wildman–Crippen LogP) is 3.97. The second-order valence-corrected chi connectivity index (χ2v) is 4.43. The van der Waals surface area contributed by atoms with Gasteiger partial charge in [0.2, 0.25) is 0 Å². The van der Waals surface area contributed by atoms with E-state index in [0.29, 0.717) is 27.8 Å². The molecule has 0 saturated heterocycles. The summed E-state index contributed by atoms with van der Waals surface area (Å²) >= 11 is 5.95. The summed E-state index contributed by atoms with van der Waals surface area (Å²) in [5.41, 5.74) is 1.94. The van der Waals surface area contributed by atoms with Gasteiger partial charge < -0.3 is 14.8 Å². The molecular weight excluding hydrogens is 276 g/mol. The maximum absolute atomic E-state index is 9.09. The highest BCUT2D eigenvalue weighted by Gasteiger charge is 2.07. The molecule has 4 nitrogen and oxygen atoms in total. The van der Waals surface area contributed by atoms with Gasteiger partial charge in [-0.15, -0.1) is 0 Å². The van der Waals surface area contributed by atoms with Crippen molar-refractivity contribution >= 4 is 23.0 Å². The number of hydrogen-bond acceptors (Lipinski definition) is 4. The molecule has 0 aliphatic carbocycles. The molecule has 0 atom stereocenters. The summed E-state index contributed by atoms with van der Waals surface area (Å²) in [6.45, 7) is 0. The summed E-state index contributed by atoms with van der Waals surface area (Å²) in [7, 11) is 3.15. The van der Waals surface area contributed by atoms with E-state index in [4.69, 9.17) is 26.3 Å². The number of halogens is 1. The van der Waals surface area contributed by atoms with Crippen LogP contribution in [0.2, 0.25) is 5.02 Å². The van der Waals surface area contributed by atoms with Crippen molar-refractivity contribution < 1.29 is 9.47 Å². The van der Waals surface area contributed by atoms with Crippen LogP contribution in [-0.4, -0.2) is 14.2 Å². The quantitative estimate of drug-likeness (QED) is 0.925. The standard InChI is InChI=1S/C15H13ClN2O2/c1-19-14-6-5-12(8-15(14)20-2)18-13-7-11(16)4-3-10(13)9-17/h3-8,18H,1-2H3. The Balaban J connectivity index is 2.35. The third-order valence-electron chi connectivity index (χ3n) is 2.76. The van der Waals surface area contributed by atoms with E-state index in [1.807, 2.05) is 6.07 Å². The maximum atomic E-state index is 9.09. The van der Waals surface area contributed by atoms with Gasteiger partial charge in [0.05, 0.1) is 25.5 Å². The first-order valence-electron chi connectivity index (χ1n) is 5.86. The zero-order valence-corrected chi connectivity index (χ0v) is 11.9. The summed E-state index contributed by atoms with van der Waals surface area (Å²) in [6, 6.07) is 12.6. The summed E-state index contributed by atoms with van der Waals surface area (Å²) in [4.78, 5) is 0. The summed E-state index contributed by atoms with van der Waals surface area (Å²) in [6.07, 6.45) is 0. The van der Waals surface area contributed by atoms with E-state index in [0.717, 1.165) is 5.69 Å². The van der Waals surface area contributed by atoms with Gasteiger partial charge >= 0.3 is 0 Å². The number of anilines is 2. The highest BCUT2D eigenvalue weighted by molar-refractivity contribution is 6.30. The Hall–Kier alpha value is -2.38. The van der Waals surface area contributed by atoms with Crippen LogP contribution in [-0.2, 0) is 0 Å². The number of nitrogens with one attached hydrogen (secondary N) is 1. The van der Waals surface area contributed by atoms with Gasteiger partial charge in [0.15, 0.2) is 11.5 Å². The molecule has 2 aromatic carbocycles. The number of hydrogen-bond donors (Lipinski definition) is 1. The number of nitrogens with zero attached hydrogens (tertiary/aromatic N) is 1. The second kappa shape index (κ2) is 6.18. The lowest BCUT2D eigenvalue weighted by Crippen LogP contribution is -1.96. The molecule has 20 heavy (non-hydrogen) atoms. The van der Waals surface area contributed by atoms with Crippen LogP contribution >= 0.6 is 11.6 Å². The van der Waals surface area contributed by atoms with Crippen molar-refractivity contribution in [1.29, 1.82) is 5.26 Å². The number of ether oxygens (including phenoxy) is 2.